The van der Waals surface area contributed by atoms with Crippen molar-refractivity contribution in [1.82, 2.24) is 4.31 Å². The van der Waals surface area contributed by atoms with Crippen LogP contribution in [0.1, 0.15) is 10.4 Å². The third-order valence-corrected chi connectivity index (χ3v) is 5.18. The highest BCUT2D eigenvalue weighted by atomic mass is 32.2. The lowest BCUT2D eigenvalue weighted by Crippen LogP contribution is -2.22. The van der Waals surface area contributed by atoms with Crippen LogP contribution < -0.4 is 5.32 Å². The molecule has 8 nitrogen and oxygen atoms in total. The van der Waals surface area contributed by atoms with Gasteiger partial charge in [-0.1, -0.05) is 0 Å². The lowest BCUT2D eigenvalue weighted by molar-refractivity contribution is -0.119. The van der Waals surface area contributed by atoms with Crippen molar-refractivity contribution < 1.29 is 27.9 Å². The molecule has 0 saturated carbocycles. The number of rotatable bonds is 6. The first-order valence-corrected chi connectivity index (χ1v) is 8.93. The molecule has 2 aromatic rings. The number of aromatic hydroxyl groups is 1. The van der Waals surface area contributed by atoms with Crippen molar-refractivity contribution in [3.63, 3.8) is 0 Å². The Balaban J connectivity index is 1.91. The third-order valence-electron chi connectivity index (χ3n) is 3.35. The van der Waals surface area contributed by atoms with E-state index in [0.717, 1.165) is 4.31 Å². The highest BCUT2D eigenvalue weighted by Gasteiger charge is 2.17. The van der Waals surface area contributed by atoms with Gasteiger partial charge in [-0.05, 0) is 48.5 Å². The Morgan fingerprint density at radius 1 is 1.04 bits per heavy atom. The first kappa shape index (κ1) is 19.4. The normalized spacial score (nSPS) is 11.2. The molecular formula is C17H18N2O6S. The minimum Gasteiger partial charge on any atom is -0.508 e. The van der Waals surface area contributed by atoms with Crippen molar-refractivity contribution in [3.8, 4) is 5.75 Å². The SMILES string of the molecule is CN(C)S(=O)(=O)c1ccc(NC(=O)COC(=O)c2ccc(O)cc2)cc1. The van der Waals surface area contributed by atoms with Gasteiger partial charge >= 0.3 is 5.97 Å². The maximum Gasteiger partial charge on any atom is 0.338 e. The second-order valence-corrected chi connectivity index (χ2v) is 7.63. The molecule has 2 N–H and O–H groups in total. The number of nitrogens with one attached hydrogen (secondary N) is 1. The van der Waals surface area contributed by atoms with Gasteiger partial charge in [-0.2, -0.15) is 0 Å². The largest absolute Gasteiger partial charge is 0.508 e. The molecule has 0 unspecified atom stereocenters. The van der Waals surface area contributed by atoms with Gasteiger partial charge in [0.25, 0.3) is 5.91 Å². The summed E-state index contributed by atoms with van der Waals surface area (Å²) in [7, 11) is -0.696. The molecule has 0 aliphatic heterocycles. The Labute approximate surface area is 151 Å². The zero-order valence-electron chi connectivity index (χ0n) is 14.2. The lowest BCUT2D eigenvalue weighted by atomic mass is 10.2. The van der Waals surface area contributed by atoms with Gasteiger partial charge in [0, 0.05) is 19.8 Å². The molecule has 1 amide bonds. The zero-order chi connectivity index (χ0) is 19.3. The van der Waals surface area contributed by atoms with Crippen molar-refractivity contribution >= 4 is 27.6 Å². The summed E-state index contributed by atoms with van der Waals surface area (Å²) in [6.07, 6.45) is 0. The molecular weight excluding hydrogens is 360 g/mol. The number of carbonyl (C=O) groups is 2. The van der Waals surface area contributed by atoms with Gasteiger partial charge in [0.2, 0.25) is 10.0 Å². The van der Waals surface area contributed by atoms with Gasteiger partial charge in [-0.25, -0.2) is 17.5 Å². The van der Waals surface area contributed by atoms with Gasteiger partial charge in [0.15, 0.2) is 6.61 Å². The molecule has 0 aromatic heterocycles. The number of nitrogens with zero attached hydrogens (tertiary/aromatic N) is 1. The van der Waals surface area contributed by atoms with Crippen LogP contribution in [0.2, 0.25) is 0 Å². The van der Waals surface area contributed by atoms with Crippen LogP contribution in [0.25, 0.3) is 0 Å². The maximum absolute atomic E-state index is 12.0. The Morgan fingerprint density at radius 2 is 1.62 bits per heavy atom. The Bertz CT molecular complexity index is 890. The van der Waals surface area contributed by atoms with Crippen molar-refractivity contribution in [2.45, 2.75) is 4.90 Å². The van der Waals surface area contributed by atoms with Gasteiger partial charge in [0.1, 0.15) is 5.75 Å². The minimum atomic E-state index is -3.54. The first-order valence-electron chi connectivity index (χ1n) is 7.49. The third kappa shape index (κ3) is 4.80. The van der Waals surface area contributed by atoms with Crippen LogP contribution in [0.4, 0.5) is 5.69 Å². The molecule has 0 fully saturated rings. The predicted octanol–water partition coefficient (Wildman–Crippen LogP) is 1.44. The highest BCUT2D eigenvalue weighted by molar-refractivity contribution is 7.89. The van der Waals surface area contributed by atoms with Crippen LogP contribution >= 0.6 is 0 Å². The Hall–Kier alpha value is -2.91. The predicted molar refractivity (Wildman–Crippen MR) is 94.3 cm³/mol. The standard InChI is InChI=1S/C17H18N2O6S/c1-19(2)26(23,24)15-9-5-13(6-10-15)18-16(21)11-25-17(22)12-3-7-14(20)8-4-12/h3-10,20H,11H2,1-2H3,(H,18,21). The van der Waals surface area contributed by atoms with Crippen molar-refractivity contribution in [3.05, 3.63) is 54.1 Å². The summed E-state index contributed by atoms with van der Waals surface area (Å²) in [5, 5.41) is 11.7. The van der Waals surface area contributed by atoms with Crippen LogP contribution in [-0.4, -0.2) is 50.4 Å². The highest BCUT2D eigenvalue weighted by Crippen LogP contribution is 2.16. The van der Waals surface area contributed by atoms with Gasteiger partial charge < -0.3 is 15.2 Å². The van der Waals surface area contributed by atoms with Crippen LogP contribution in [0.5, 0.6) is 5.75 Å². The van der Waals surface area contributed by atoms with E-state index in [2.05, 4.69) is 5.32 Å². The molecule has 2 rings (SSSR count). The summed E-state index contributed by atoms with van der Waals surface area (Å²) in [6.45, 7) is -0.503. The molecule has 0 spiro atoms. The van der Waals surface area contributed by atoms with E-state index < -0.39 is 28.5 Å². The van der Waals surface area contributed by atoms with E-state index in [0.29, 0.717) is 5.69 Å². The fraction of sp³-hybridized carbons (Fsp3) is 0.176. The summed E-state index contributed by atoms with van der Waals surface area (Å²) in [5.41, 5.74) is 0.572. The number of anilines is 1. The Morgan fingerprint density at radius 3 is 2.15 bits per heavy atom. The number of phenolic OH excluding ortho intramolecular Hbond substituents is 1. The molecule has 2 aromatic carbocycles. The van der Waals surface area contributed by atoms with E-state index in [1.54, 1.807) is 0 Å². The second-order valence-electron chi connectivity index (χ2n) is 5.48. The van der Waals surface area contributed by atoms with Gasteiger partial charge in [-0.3, -0.25) is 4.79 Å². The number of carbonyl (C=O) groups excluding carboxylic acids is 2. The number of phenols is 1. The molecule has 138 valence electrons. The summed E-state index contributed by atoms with van der Waals surface area (Å²) in [5.74, 6) is -1.26. The first-order chi connectivity index (χ1) is 12.2. The van der Waals surface area contributed by atoms with Crippen LogP contribution in [0.3, 0.4) is 0 Å². The van der Waals surface area contributed by atoms with E-state index in [1.165, 1.54) is 62.6 Å². The van der Waals surface area contributed by atoms with Crippen molar-refractivity contribution in [2.24, 2.45) is 0 Å². The van der Waals surface area contributed by atoms with E-state index >= 15 is 0 Å². The fourth-order valence-corrected chi connectivity index (χ4v) is 2.83. The molecule has 0 aliphatic carbocycles. The number of benzene rings is 2. The summed E-state index contributed by atoms with van der Waals surface area (Å²) < 4.78 is 29.9. The number of esters is 1. The smallest absolute Gasteiger partial charge is 0.338 e. The van der Waals surface area contributed by atoms with Crippen LogP contribution in [0, 0.1) is 0 Å². The molecule has 0 heterocycles. The van der Waals surface area contributed by atoms with E-state index in [9.17, 15) is 18.0 Å². The lowest BCUT2D eigenvalue weighted by Gasteiger charge is -2.12. The van der Waals surface area contributed by atoms with Crippen LogP contribution in [-0.2, 0) is 19.6 Å². The minimum absolute atomic E-state index is 0.0130. The fourth-order valence-electron chi connectivity index (χ4n) is 1.93. The zero-order valence-corrected chi connectivity index (χ0v) is 15.0. The van der Waals surface area contributed by atoms with Crippen molar-refractivity contribution in [1.29, 1.82) is 0 Å². The quantitative estimate of drug-likeness (QED) is 0.736. The molecule has 0 aliphatic rings. The Kier molecular flexibility index (Phi) is 5.96. The summed E-state index contributed by atoms with van der Waals surface area (Å²) >= 11 is 0. The maximum atomic E-state index is 12.0. The summed E-state index contributed by atoms with van der Waals surface area (Å²) in [6, 6.07) is 11.0. The number of sulfonamides is 1. The molecule has 0 saturated heterocycles. The monoisotopic (exact) mass is 378 g/mol. The molecule has 0 bridgehead atoms. The molecule has 0 radical (unpaired) electrons. The number of hydrogen-bond acceptors (Lipinski definition) is 6. The van der Waals surface area contributed by atoms with Crippen LogP contribution in [0.15, 0.2) is 53.4 Å². The summed E-state index contributed by atoms with van der Waals surface area (Å²) in [4.78, 5) is 23.7. The molecule has 9 heteroatoms. The van der Waals surface area contributed by atoms with E-state index in [-0.39, 0.29) is 16.2 Å². The average molecular weight is 378 g/mol. The topological polar surface area (TPSA) is 113 Å². The number of amides is 1. The second kappa shape index (κ2) is 7.98. The molecule has 26 heavy (non-hydrogen) atoms. The number of hydrogen-bond donors (Lipinski definition) is 2. The number of ether oxygens (including phenoxy) is 1. The van der Waals surface area contributed by atoms with Gasteiger partial charge in [0.05, 0.1) is 10.5 Å². The average Bonchev–Trinajstić information content (AvgIpc) is 2.60. The van der Waals surface area contributed by atoms with Crippen molar-refractivity contribution in [2.75, 3.05) is 26.0 Å². The molecule has 0 atom stereocenters. The van der Waals surface area contributed by atoms with E-state index in [4.69, 9.17) is 9.84 Å². The van der Waals surface area contributed by atoms with E-state index in [1.807, 2.05) is 0 Å². The van der Waals surface area contributed by atoms with Gasteiger partial charge in [-0.15, -0.1) is 0 Å².